The number of aromatic nitrogens is 1. The number of benzene rings is 1. The van der Waals surface area contributed by atoms with E-state index in [0.717, 1.165) is 31.5 Å². The molecule has 0 radical (unpaired) electrons. The molecule has 0 saturated carbocycles. The van der Waals surface area contributed by atoms with Gasteiger partial charge in [0, 0.05) is 29.2 Å². The summed E-state index contributed by atoms with van der Waals surface area (Å²) in [6, 6.07) is 6.67. The number of hydrogen-bond donors (Lipinski definition) is 3. The van der Waals surface area contributed by atoms with Crippen molar-refractivity contribution < 1.29 is 14.7 Å². The molecule has 2 heterocycles. The molecular weight excluding hydrogens is 404 g/mol. The molecule has 160 valence electrons. The van der Waals surface area contributed by atoms with Gasteiger partial charge in [0.2, 0.25) is 5.91 Å². The van der Waals surface area contributed by atoms with Gasteiger partial charge in [0.25, 0.3) is 5.91 Å². The maximum atomic E-state index is 12.8. The quantitative estimate of drug-likeness (QED) is 0.622. The number of nitrogens with one attached hydrogen (secondary N) is 2. The number of halogens is 1. The molecule has 2 amide bonds. The first-order valence-electron chi connectivity index (χ1n) is 10.1. The second kappa shape index (κ2) is 9.45. The van der Waals surface area contributed by atoms with Crippen LogP contribution in [0.25, 0.3) is 0 Å². The number of nitrogens with zero attached hydrogens (tertiary/aromatic N) is 2. The number of carbonyl (C=O) groups excluding carboxylic acids is 2. The van der Waals surface area contributed by atoms with Crippen LogP contribution in [0.3, 0.4) is 0 Å². The van der Waals surface area contributed by atoms with E-state index >= 15 is 0 Å². The van der Waals surface area contributed by atoms with Crippen molar-refractivity contribution in [1.82, 2.24) is 9.88 Å². The molecule has 1 aromatic carbocycles. The highest BCUT2D eigenvalue weighted by Gasteiger charge is 2.28. The number of carbonyl (C=O) groups is 2. The predicted octanol–water partition coefficient (Wildman–Crippen LogP) is 4.06. The zero-order valence-corrected chi connectivity index (χ0v) is 18.2. The van der Waals surface area contributed by atoms with Gasteiger partial charge in [-0.3, -0.25) is 9.59 Å². The van der Waals surface area contributed by atoms with Crippen molar-refractivity contribution in [3.05, 3.63) is 46.6 Å². The van der Waals surface area contributed by atoms with Gasteiger partial charge < -0.3 is 20.6 Å². The van der Waals surface area contributed by atoms with Gasteiger partial charge >= 0.3 is 0 Å². The summed E-state index contributed by atoms with van der Waals surface area (Å²) in [5.74, 6) is -0.793. The second-order valence-corrected chi connectivity index (χ2v) is 8.35. The summed E-state index contributed by atoms with van der Waals surface area (Å²) < 4.78 is 0. The predicted molar refractivity (Wildman–Crippen MR) is 118 cm³/mol. The Morgan fingerprint density at radius 2 is 1.90 bits per heavy atom. The van der Waals surface area contributed by atoms with Crippen LogP contribution < -0.4 is 10.6 Å². The number of phenolic OH excluding ortho intramolecular Hbond substituents is 1. The second-order valence-electron chi connectivity index (χ2n) is 7.92. The van der Waals surface area contributed by atoms with Gasteiger partial charge in [0.1, 0.15) is 11.6 Å². The normalized spacial score (nSPS) is 15.2. The molecule has 7 nitrogen and oxygen atoms in total. The Morgan fingerprint density at radius 3 is 2.50 bits per heavy atom. The van der Waals surface area contributed by atoms with Gasteiger partial charge in [-0.2, -0.15) is 0 Å². The van der Waals surface area contributed by atoms with Crippen molar-refractivity contribution in [2.24, 2.45) is 5.92 Å². The fraction of sp³-hybridized carbons (Fsp3) is 0.409. The van der Waals surface area contributed by atoms with Crippen LogP contribution in [-0.2, 0) is 4.79 Å². The Morgan fingerprint density at radius 1 is 1.20 bits per heavy atom. The van der Waals surface area contributed by atoms with Gasteiger partial charge in [0.15, 0.2) is 0 Å². The number of amides is 2. The van der Waals surface area contributed by atoms with Gasteiger partial charge in [-0.05, 0) is 64.4 Å². The molecule has 30 heavy (non-hydrogen) atoms. The van der Waals surface area contributed by atoms with E-state index in [9.17, 15) is 14.7 Å². The first-order chi connectivity index (χ1) is 14.2. The molecular formula is C22H27ClN4O3. The van der Waals surface area contributed by atoms with E-state index in [-0.39, 0.29) is 33.8 Å². The largest absolute Gasteiger partial charge is 0.506 e. The zero-order valence-electron chi connectivity index (χ0n) is 17.4. The molecule has 1 aliphatic rings. The topological polar surface area (TPSA) is 94.6 Å². The van der Waals surface area contributed by atoms with Gasteiger partial charge in [-0.25, -0.2) is 4.98 Å². The summed E-state index contributed by atoms with van der Waals surface area (Å²) in [7, 11) is 0. The number of piperidine rings is 1. The number of pyridine rings is 1. The molecule has 0 bridgehead atoms. The van der Waals surface area contributed by atoms with Crippen molar-refractivity contribution in [2.75, 3.05) is 23.7 Å². The van der Waals surface area contributed by atoms with Crippen LogP contribution in [0.4, 0.5) is 11.5 Å². The van der Waals surface area contributed by atoms with Crippen LogP contribution in [0.2, 0.25) is 5.02 Å². The van der Waals surface area contributed by atoms with E-state index in [1.807, 2.05) is 13.0 Å². The molecule has 1 fully saturated rings. The monoisotopic (exact) mass is 430 g/mol. The minimum absolute atomic E-state index is 0.0558. The first-order valence-corrected chi connectivity index (χ1v) is 10.4. The Bertz CT molecular complexity index is 923. The SMILES string of the molecule is Cc1ccc(NC(=O)c2cc(Cl)cc(O)c2NC(=O)C2CCN(C(C)C)CC2)nc1. The lowest BCUT2D eigenvalue weighted by Crippen LogP contribution is -2.41. The van der Waals surface area contributed by atoms with E-state index in [0.29, 0.717) is 11.9 Å². The van der Waals surface area contributed by atoms with E-state index in [4.69, 9.17) is 11.6 Å². The lowest BCUT2D eigenvalue weighted by molar-refractivity contribution is -0.121. The zero-order chi connectivity index (χ0) is 21.8. The summed E-state index contributed by atoms with van der Waals surface area (Å²) in [6.45, 7) is 7.86. The maximum absolute atomic E-state index is 12.8. The van der Waals surface area contributed by atoms with Crippen LogP contribution in [0.1, 0.15) is 42.6 Å². The van der Waals surface area contributed by atoms with Crippen molar-refractivity contribution >= 4 is 34.9 Å². The Hall–Kier alpha value is -2.64. The average Bonchev–Trinajstić information content (AvgIpc) is 2.71. The summed E-state index contributed by atoms with van der Waals surface area (Å²) in [5.41, 5.74) is 1.10. The Balaban J connectivity index is 1.77. The third-order valence-electron chi connectivity index (χ3n) is 5.36. The molecule has 8 heteroatoms. The van der Waals surface area contributed by atoms with Crippen LogP contribution in [-0.4, -0.2) is 45.9 Å². The summed E-state index contributed by atoms with van der Waals surface area (Å²) in [6.07, 6.45) is 3.09. The van der Waals surface area contributed by atoms with Crippen molar-refractivity contribution in [3.8, 4) is 5.75 Å². The van der Waals surface area contributed by atoms with Crippen molar-refractivity contribution in [3.63, 3.8) is 0 Å². The van der Waals surface area contributed by atoms with Crippen molar-refractivity contribution in [1.29, 1.82) is 0 Å². The molecule has 0 aliphatic carbocycles. The molecule has 2 aromatic rings. The molecule has 0 atom stereocenters. The highest BCUT2D eigenvalue weighted by molar-refractivity contribution is 6.31. The highest BCUT2D eigenvalue weighted by Crippen LogP contribution is 2.33. The number of aromatic hydroxyl groups is 1. The molecule has 3 N–H and O–H groups in total. The smallest absolute Gasteiger partial charge is 0.259 e. The molecule has 0 unspecified atom stereocenters. The number of aryl methyl sites for hydroxylation is 1. The number of rotatable bonds is 5. The summed E-state index contributed by atoms with van der Waals surface area (Å²) in [5, 5.41) is 16.0. The van der Waals surface area contributed by atoms with Crippen LogP contribution in [0.15, 0.2) is 30.5 Å². The summed E-state index contributed by atoms with van der Waals surface area (Å²) >= 11 is 6.05. The van der Waals surface area contributed by atoms with Crippen LogP contribution in [0, 0.1) is 12.8 Å². The lowest BCUT2D eigenvalue weighted by atomic mass is 9.95. The third-order valence-corrected chi connectivity index (χ3v) is 5.58. The molecule has 1 aliphatic heterocycles. The van der Waals surface area contributed by atoms with E-state index in [1.54, 1.807) is 12.3 Å². The molecule has 1 saturated heterocycles. The Labute approximate surface area is 181 Å². The minimum atomic E-state index is -0.519. The lowest BCUT2D eigenvalue weighted by Gasteiger charge is -2.34. The molecule has 0 spiro atoms. The average molecular weight is 431 g/mol. The fourth-order valence-electron chi connectivity index (χ4n) is 3.53. The van der Waals surface area contributed by atoms with Crippen molar-refractivity contribution in [2.45, 2.75) is 39.7 Å². The van der Waals surface area contributed by atoms with Gasteiger partial charge in [-0.1, -0.05) is 17.7 Å². The highest BCUT2D eigenvalue weighted by atomic mass is 35.5. The Kier molecular flexibility index (Phi) is 6.95. The number of hydrogen-bond acceptors (Lipinski definition) is 5. The first kappa shape index (κ1) is 22.1. The molecule has 1 aromatic heterocycles. The number of phenols is 1. The van der Waals surface area contributed by atoms with Gasteiger partial charge in [-0.15, -0.1) is 0 Å². The van der Waals surface area contributed by atoms with E-state index in [2.05, 4.69) is 34.4 Å². The van der Waals surface area contributed by atoms with Gasteiger partial charge in [0.05, 0.1) is 11.3 Å². The maximum Gasteiger partial charge on any atom is 0.259 e. The standard InChI is InChI=1S/C22H27ClN4O3/c1-13(2)27-8-6-15(7-9-27)21(29)26-20-17(10-16(23)11-18(20)28)22(30)25-19-5-4-14(3)12-24-19/h4-5,10-13,15,28H,6-9H2,1-3H3,(H,26,29)(H,24,25,30). The molecule has 3 rings (SSSR count). The third kappa shape index (κ3) is 5.29. The minimum Gasteiger partial charge on any atom is -0.506 e. The van der Waals surface area contributed by atoms with E-state index in [1.165, 1.54) is 12.1 Å². The number of likely N-dealkylation sites (tertiary alicyclic amines) is 1. The van der Waals surface area contributed by atoms with E-state index < -0.39 is 5.91 Å². The summed E-state index contributed by atoms with van der Waals surface area (Å²) in [4.78, 5) is 32.1. The van der Waals surface area contributed by atoms with Crippen LogP contribution >= 0.6 is 11.6 Å². The number of anilines is 2. The van der Waals surface area contributed by atoms with Crippen LogP contribution in [0.5, 0.6) is 5.75 Å². The fourth-order valence-corrected chi connectivity index (χ4v) is 3.74.